The van der Waals surface area contributed by atoms with Crippen molar-refractivity contribution < 1.29 is 33.0 Å². The average Bonchev–Trinajstić information content (AvgIpc) is 3.01. The number of hydrogen-bond acceptors (Lipinski definition) is 8. The number of ether oxygens (including phenoxy) is 3. The van der Waals surface area contributed by atoms with E-state index in [0.717, 1.165) is 0 Å². The Balaban J connectivity index is 1.51. The van der Waals surface area contributed by atoms with Gasteiger partial charge in [0.15, 0.2) is 17.3 Å². The molecule has 232 valence electrons. The first-order chi connectivity index (χ1) is 21.2. The molecule has 2 aromatic carbocycles. The van der Waals surface area contributed by atoms with Gasteiger partial charge < -0.3 is 24.8 Å². The number of pyridine rings is 1. The fourth-order valence-corrected chi connectivity index (χ4v) is 5.88. The van der Waals surface area contributed by atoms with E-state index in [1.807, 2.05) is 13.0 Å². The van der Waals surface area contributed by atoms with Crippen molar-refractivity contribution in [3.05, 3.63) is 63.0 Å². The molecule has 0 spiro atoms. The topological polar surface area (TPSA) is 128 Å². The van der Waals surface area contributed by atoms with Crippen LogP contribution in [-0.4, -0.2) is 49.6 Å². The SMILES string of the molecule is COC(=O)Nc1ccc2c(c1)NC(=O)[C@H](C)CCC[C@H](NCCC(=O)c1c(Br)ccc(Cl)c1F)c1cc-2c2c(n1)OCCO2. The number of carbonyl (C=O) groups is 3. The molecule has 44 heavy (non-hydrogen) atoms. The average molecular weight is 690 g/mol. The number of ketones is 1. The fourth-order valence-electron chi connectivity index (χ4n) is 5.19. The van der Waals surface area contributed by atoms with E-state index in [1.165, 1.54) is 13.2 Å². The molecule has 0 saturated heterocycles. The maximum absolute atomic E-state index is 14.6. The van der Waals surface area contributed by atoms with Crippen LogP contribution in [0, 0.1) is 11.7 Å². The highest BCUT2D eigenvalue weighted by Gasteiger charge is 2.28. The highest BCUT2D eigenvalue weighted by atomic mass is 79.9. The summed E-state index contributed by atoms with van der Waals surface area (Å²) in [4.78, 5) is 42.9. The van der Waals surface area contributed by atoms with Crippen LogP contribution in [0.25, 0.3) is 11.1 Å². The Bertz CT molecular complexity index is 1610. The summed E-state index contributed by atoms with van der Waals surface area (Å²) in [5.74, 6) is -0.896. The van der Waals surface area contributed by atoms with Crippen LogP contribution in [-0.2, 0) is 9.53 Å². The molecule has 0 radical (unpaired) electrons. The highest BCUT2D eigenvalue weighted by Crippen LogP contribution is 2.44. The van der Waals surface area contributed by atoms with E-state index >= 15 is 0 Å². The number of benzene rings is 2. The van der Waals surface area contributed by atoms with Gasteiger partial charge in [0, 0.05) is 46.2 Å². The van der Waals surface area contributed by atoms with E-state index in [1.54, 1.807) is 24.3 Å². The largest absolute Gasteiger partial charge is 0.484 e. The van der Waals surface area contributed by atoms with E-state index in [4.69, 9.17) is 30.8 Å². The van der Waals surface area contributed by atoms with Crippen molar-refractivity contribution >= 4 is 56.7 Å². The van der Waals surface area contributed by atoms with Crippen molar-refractivity contribution in [1.29, 1.82) is 0 Å². The van der Waals surface area contributed by atoms with Crippen LogP contribution < -0.4 is 25.4 Å². The molecule has 0 unspecified atom stereocenters. The third-order valence-corrected chi connectivity index (χ3v) is 8.48. The van der Waals surface area contributed by atoms with Gasteiger partial charge in [-0.2, -0.15) is 0 Å². The van der Waals surface area contributed by atoms with Crippen molar-refractivity contribution in [3.8, 4) is 22.8 Å². The Morgan fingerprint density at radius 3 is 2.75 bits per heavy atom. The predicted molar refractivity (Wildman–Crippen MR) is 167 cm³/mol. The summed E-state index contributed by atoms with van der Waals surface area (Å²) in [7, 11) is 1.27. The summed E-state index contributed by atoms with van der Waals surface area (Å²) in [6.07, 6.45) is 1.26. The van der Waals surface area contributed by atoms with Gasteiger partial charge in [0.25, 0.3) is 5.88 Å². The number of anilines is 2. The molecule has 0 saturated carbocycles. The molecule has 0 fully saturated rings. The van der Waals surface area contributed by atoms with E-state index in [9.17, 15) is 18.8 Å². The van der Waals surface area contributed by atoms with Gasteiger partial charge in [0.05, 0.1) is 29.1 Å². The Hall–Kier alpha value is -3.74. The second-order valence-electron chi connectivity index (χ2n) is 10.5. The van der Waals surface area contributed by atoms with Crippen molar-refractivity contribution in [2.24, 2.45) is 5.92 Å². The maximum atomic E-state index is 14.6. The summed E-state index contributed by atoms with van der Waals surface area (Å²) < 4.78 is 31.6. The Morgan fingerprint density at radius 2 is 1.95 bits per heavy atom. The molecule has 1 aromatic heterocycles. The number of methoxy groups -OCH3 is 1. The second kappa shape index (κ2) is 13.9. The van der Waals surface area contributed by atoms with Gasteiger partial charge >= 0.3 is 6.09 Å². The van der Waals surface area contributed by atoms with Crippen molar-refractivity contribution in [3.63, 3.8) is 0 Å². The molecule has 13 heteroatoms. The standard InChI is InChI=1S/C31H31BrClFN4O6/c1-16-4-3-5-22(35-11-10-25(39)26-20(32)8-9-21(33)27(26)34)24-15-19(28-30(38-24)44-13-12-43-28)18-7-6-17(36-31(41)42-2)14-23(18)37-29(16)40/h6-9,14-16,22,35H,3-5,10-13H2,1-2H3,(H,36,41)(H,37,40)/t16-,22+/m1/s1. The summed E-state index contributed by atoms with van der Waals surface area (Å²) in [6.45, 7) is 2.73. The number of nitrogens with zero attached hydrogens (tertiary/aromatic N) is 1. The summed E-state index contributed by atoms with van der Waals surface area (Å²) in [6, 6.07) is 9.63. The molecular formula is C31H31BrClFN4O6. The molecule has 3 N–H and O–H groups in total. The van der Waals surface area contributed by atoms with E-state index in [2.05, 4.69) is 31.9 Å². The van der Waals surface area contributed by atoms with Gasteiger partial charge in [-0.3, -0.25) is 14.9 Å². The van der Waals surface area contributed by atoms with E-state index < -0.39 is 17.7 Å². The zero-order valence-corrected chi connectivity index (χ0v) is 26.4. The molecule has 3 aromatic rings. The van der Waals surface area contributed by atoms with Crippen LogP contribution >= 0.6 is 27.5 Å². The summed E-state index contributed by atoms with van der Waals surface area (Å²) in [5.41, 5.74) is 2.76. The van der Waals surface area contributed by atoms with Crippen LogP contribution in [0.15, 0.2) is 40.9 Å². The molecule has 2 aliphatic heterocycles. The van der Waals surface area contributed by atoms with Crippen molar-refractivity contribution in [2.75, 3.05) is 37.5 Å². The third kappa shape index (κ3) is 6.98. The molecule has 2 aliphatic rings. The minimum atomic E-state index is -0.758. The Labute approximate surface area is 267 Å². The number of amides is 2. The van der Waals surface area contributed by atoms with Gasteiger partial charge in [-0.25, -0.2) is 14.2 Å². The molecule has 2 amide bonds. The molecule has 2 atom stereocenters. The molecule has 5 rings (SSSR count). The van der Waals surface area contributed by atoms with Gasteiger partial charge in [-0.1, -0.05) is 31.0 Å². The lowest BCUT2D eigenvalue weighted by molar-refractivity contribution is -0.119. The Morgan fingerprint density at radius 1 is 1.16 bits per heavy atom. The van der Waals surface area contributed by atoms with Gasteiger partial charge in [-0.15, -0.1) is 0 Å². The van der Waals surface area contributed by atoms with E-state index in [0.29, 0.717) is 76.8 Å². The number of nitrogens with one attached hydrogen (secondary N) is 3. The lowest BCUT2D eigenvalue weighted by Gasteiger charge is -2.26. The maximum Gasteiger partial charge on any atom is 0.411 e. The normalized spacial score (nSPS) is 17.8. The minimum absolute atomic E-state index is 0.0153. The first kappa shape index (κ1) is 31.7. The number of aromatic nitrogens is 1. The van der Waals surface area contributed by atoms with E-state index in [-0.39, 0.29) is 41.4 Å². The lowest BCUT2D eigenvalue weighted by Crippen LogP contribution is -2.27. The molecule has 0 aliphatic carbocycles. The van der Waals surface area contributed by atoms with Crippen molar-refractivity contribution in [2.45, 2.75) is 38.6 Å². The van der Waals surface area contributed by atoms with Crippen LogP contribution in [0.5, 0.6) is 11.6 Å². The zero-order chi connectivity index (χ0) is 31.4. The molecule has 2 bridgehead atoms. The number of hydrogen-bond donors (Lipinski definition) is 3. The number of rotatable bonds is 6. The quantitative estimate of drug-likeness (QED) is 0.188. The number of fused-ring (bicyclic) bond motifs is 6. The summed E-state index contributed by atoms with van der Waals surface area (Å²) in [5, 5.41) is 8.95. The van der Waals surface area contributed by atoms with Crippen LogP contribution in [0.2, 0.25) is 5.02 Å². The van der Waals surface area contributed by atoms with Crippen molar-refractivity contribution in [1.82, 2.24) is 10.3 Å². The summed E-state index contributed by atoms with van der Waals surface area (Å²) >= 11 is 9.17. The first-order valence-electron chi connectivity index (χ1n) is 14.2. The monoisotopic (exact) mass is 688 g/mol. The van der Waals surface area contributed by atoms with Gasteiger partial charge in [0.2, 0.25) is 5.91 Å². The number of Topliss-reactive ketones (excluding diaryl/α,β-unsaturated/α-hetero) is 1. The smallest absolute Gasteiger partial charge is 0.411 e. The lowest BCUT2D eigenvalue weighted by atomic mass is 9.94. The second-order valence-corrected chi connectivity index (χ2v) is 11.8. The molecule has 3 heterocycles. The van der Waals surface area contributed by atoms with Gasteiger partial charge in [-0.05, 0) is 59.1 Å². The van der Waals surface area contributed by atoms with Gasteiger partial charge in [0.1, 0.15) is 13.2 Å². The molecular weight excluding hydrogens is 659 g/mol. The van der Waals surface area contributed by atoms with Crippen LogP contribution in [0.3, 0.4) is 0 Å². The predicted octanol–water partition coefficient (Wildman–Crippen LogP) is 6.92. The minimum Gasteiger partial charge on any atom is -0.484 e. The number of halogens is 3. The highest BCUT2D eigenvalue weighted by molar-refractivity contribution is 9.10. The first-order valence-corrected chi connectivity index (χ1v) is 15.3. The third-order valence-electron chi connectivity index (χ3n) is 7.53. The van der Waals surface area contributed by atoms with Crippen LogP contribution in [0.1, 0.15) is 54.7 Å². The Kier molecular flexibility index (Phi) is 10.0. The fraction of sp³-hybridized carbons (Fsp3) is 0.355. The van der Waals surface area contributed by atoms with Crippen LogP contribution in [0.4, 0.5) is 20.6 Å². The number of carbonyl (C=O) groups excluding carboxylic acids is 3. The zero-order valence-electron chi connectivity index (χ0n) is 24.1. The molecule has 10 nitrogen and oxygen atoms in total.